The fourth-order valence-corrected chi connectivity index (χ4v) is 2.18. The summed E-state index contributed by atoms with van der Waals surface area (Å²) in [6.45, 7) is 0.544. The highest BCUT2D eigenvalue weighted by molar-refractivity contribution is 14.1. The zero-order valence-corrected chi connectivity index (χ0v) is 12.0. The highest BCUT2D eigenvalue weighted by atomic mass is 127. The molecule has 1 heterocycles. The largest absolute Gasteiger partial charge is 0.454 e. The van der Waals surface area contributed by atoms with Crippen molar-refractivity contribution in [3.63, 3.8) is 0 Å². The summed E-state index contributed by atoms with van der Waals surface area (Å²) in [5, 5.41) is 2.95. The van der Waals surface area contributed by atoms with Gasteiger partial charge in [-0.15, -0.1) is 0 Å². The van der Waals surface area contributed by atoms with Gasteiger partial charge in [0.05, 0.1) is 12.1 Å². The Balaban J connectivity index is 2.00. The lowest BCUT2D eigenvalue weighted by atomic mass is 10.1. The quantitative estimate of drug-likeness (QED) is 0.804. The van der Waals surface area contributed by atoms with Crippen LogP contribution in [0.15, 0.2) is 40.8 Å². The van der Waals surface area contributed by atoms with Crippen LogP contribution in [0.3, 0.4) is 0 Å². The van der Waals surface area contributed by atoms with Crippen LogP contribution < -0.4 is 5.32 Å². The third-order valence-electron chi connectivity index (χ3n) is 2.57. The molecule has 0 aliphatic heterocycles. The second-order valence-electron chi connectivity index (χ2n) is 3.96. The average Bonchev–Trinajstić information content (AvgIpc) is 2.74. The molecule has 6 heteroatoms. The summed E-state index contributed by atoms with van der Waals surface area (Å²) in [5.41, 5.74) is -0.368. The number of rotatable bonds is 4. The van der Waals surface area contributed by atoms with E-state index in [2.05, 4.69) is 5.32 Å². The molecule has 0 spiro atoms. The van der Waals surface area contributed by atoms with E-state index in [1.54, 1.807) is 18.2 Å². The SMILES string of the molecule is FC(F)(F)c1ccccc1CNCc1ccc(I)o1. The van der Waals surface area contributed by atoms with Crippen molar-refractivity contribution >= 4 is 22.6 Å². The van der Waals surface area contributed by atoms with Gasteiger partial charge in [-0.1, -0.05) is 18.2 Å². The molecular weight excluding hydrogens is 370 g/mol. The summed E-state index contributed by atoms with van der Waals surface area (Å²) in [7, 11) is 0. The summed E-state index contributed by atoms with van der Waals surface area (Å²) >= 11 is 2.04. The molecule has 1 aromatic heterocycles. The second kappa shape index (κ2) is 5.96. The first-order valence-electron chi connectivity index (χ1n) is 5.57. The van der Waals surface area contributed by atoms with Crippen molar-refractivity contribution in [1.29, 1.82) is 0 Å². The maximum Gasteiger partial charge on any atom is 0.416 e. The Labute approximate surface area is 122 Å². The third kappa shape index (κ3) is 3.97. The molecule has 0 saturated heterocycles. The predicted octanol–water partition coefficient (Wildman–Crippen LogP) is 4.19. The van der Waals surface area contributed by atoms with Gasteiger partial charge in [-0.2, -0.15) is 13.2 Å². The Morgan fingerprint density at radius 3 is 2.42 bits per heavy atom. The zero-order valence-electron chi connectivity index (χ0n) is 9.80. The van der Waals surface area contributed by atoms with E-state index in [9.17, 15) is 13.2 Å². The molecule has 1 aromatic carbocycles. The molecule has 0 amide bonds. The van der Waals surface area contributed by atoms with Crippen LogP contribution in [0.4, 0.5) is 13.2 Å². The fourth-order valence-electron chi connectivity index (χ4n) is 1.72. The molecule has 1 N–H and O–H groups in total. The molecule has 102 valence electrons. The molecule has 0 radical (unpaired) electrons. The Morgan fingerprint density at radius 2 is 1.79 bits per heavy atom. The first-order chi connectivity index (χ1) is 8.97. The molecule has 0 aliphatic rings. The first kappa shape index (κ1) is 14.4. The summed E-state index contributed by atoms with van der Waals surface area (Å²) in [5.74, 6) is 0.703. The van der Waals surface area contributed by atoms with Gasteiger partial charge in [-0.25, -0.2) is 0 Å². The molecule has 0 fully saturated rings. The third-order valence-corrected chi connectivity index (χ3v) is 3.15. The smallest absolute Gasteiger partial charge is 0.416 e. The normalized spacial score (nSPS) is 11.8. The van der Waals surface area contributed by atoms with Crippen LogP contribution in [0, 0.1) is 3.77 Å². The lowest BCUT2D eigenvalue weighted by Gasteiger charge is -2.12. The van der Waals surface area contributed by atoms with E-state index in [-0.39, 0.29) is 12.1 Å². The van der Waals surface area contributed by atoms with E-state index < -0.39 is 11.7 Å². The molecule has 0 aliphatic carbocycles. The standard InChI is InChI=1S/C13H11F3INO/c14-13(15,16)11-4-2-1-3-9(11)7-18-8-10-5-6-12(17)19-10/h1-6,18H,7-8H2. The molecule has 0 atom stereocenters. The van der Waals surface area contributed by atoms with Crippen molar-refractivity contribution in [2.45, 2.75) is 19.3 Å². The molecule has 0 saturated carbocycles. The van der Waals surface area contributed by atoms with Crippen LogP contribution in [0.1, 0.15) is 16.9 Å². The van der Waals surface area contributed by atoms with Crippen LogP contribution in [0.5, 0.6) is 0 Å². The molecule has 2 rings (SSSR count). The summed E-state index contributed by atoms with van der Waals surface area (Å²) in [6, 6.07) is 9.16. The fraction of sp³-hybridized carbons (Fsp3) is 0.231. The highest BCUT2D eigenvalue weighted by Gasteiger charge is 2.32. The van der Waals surface area contributed by atoms with E-state index >= 15 is 0 Å². The minimum Gasteiger partial charge on any atom is -0.454 e. The summed E-state index contributed by atoms with van der Waals surface area (Å²) in [6.07, 6.45) is -4.32. The van der Waals surface area contributed by atoms with Crippen molar-refractivity contribution in [3.05, 3.63) is 57.1 Å². The van der Waals surface area contributed by atoms with Gasteiger partial charge in [0.1, 0.15) is 5.76 Å². The van der Waals surface area contributed by atoms with Gasteiger partial charge >= 0.3 is 6.18 Å². The Morgan fingerprint density at radius 1 is 1.05 bits per heavy atom. The number of alkyl halides is 3. The lowest BCUT2D eigenvalue weighted by Crippen LogP contribution is -2.17. The Hall–Kier alpha value is -1.02. The van der Waals surface area contributed by atoms with Crippen LogP contribution in [0.25, 0.3) is 0 Å². The highest BCUT2D eigenvalue weighted by Crippen LogP contribution is 2.31. The number of hydrogen-bond donors (Lipinski definition) is 1. The topological polar surface area (TPSA) is 25.2 Å². The average molecular weight is 381 g/mol. The number of benzene rings is 1. The van der Waals surface area contributed by atoms with Crippen molar-refractivity contribution < 1.29 is 17.6 Å². The van der Waals surface area contributed by atoms with Gasteiger partial charge in [-0.3, -0.25) is 0 Å². The minimum atomic E-state index is -4.32. The Kier molecular flexibility index (Phi) is 4.51. The monoisotopic (exact) mass is 381 g/mol. The summed E-state index contributed by atoms with van der Waals surface area (Å²) < 4.78 is 44.3. The van der Waals surface area contributed by atoms with Gasteiger partial charge in [-0.05, 0) is 46.4 Å². The van der Waals surface area contributed by atoms with E-state index in [0.29, 0.717) is 12.3 Å². The number of halogens is 4. The van der Waals surface area contributed by atoms with Crippen molar-refractivity contribution in [3.8, 4) is 0 Å². The van der Waals surface area contributed by atoms with Crippen molar-refractivity contribution in [2.75, 3.05) is 0 Å². The van der Waals surface area contributed by atoms with E-state index in [1.807, 2.05) is 22.6 Å². The van der Waals surface area contributed by atoms with Crippen molar-refractivity contribution in [2.24, 2.45) is 0 Å². The molecule has 2 aromatic rings. The van der Waals surface area contributed by atoms with Crippen LogP contribution in [0.2, 0.25) is 0 Å². The van der Waals surface area contributed by atoms with Crippen LogP contribution in [-0.2, 0) is 19.3 Å². The van der Waals surface area contributed by atoms with E-state index in [4.69, 9.17) is 4.42 Å². The number of furan rings is 1. The maximum absolute atomic E-state index is 12.8. The minimum absolute atomic E-state index is 0.146. The second-order valence-corrected chi connectivity index (χ2v) is 5.03. The van der Waals surface area contributed by atoms with Crippen LogP contribution in [-0.4, -0.2) is 0 Å². The zero-order chi connectivity index (χ0) is 13.9. The van der Waals surface area contributed by atoms with E-state index in [0.717, 1.165) is 9.83 Å². The summed E-state index contributed by atoms with van der Waals surface area (Å²) in [4.78, 5) is 0. The molecule has 0 bridgehead atoms. The van der Waals surface area contributed by atoms with Gasteiger partial charge in [0.15, 0.2) is 3.77 Å². The predicted molar refractivity (Wildman–Crippen MR) is 73.4 cm³/mol. The number of hydrogen-bond acceptors (Lipinski definition) is 2. The van der Waals surface area contributed by atoms with Gasteiger partial charge in [0.25, 0.3) is 0 Å². The maximum atomic E-state index is 12.8. The van der Waals surface area contributed by atoms with Gasteiger partial charge in [0.2, 0.25) is 0 Å². The van der Waals surface area contributed by atoms with Gasteiger partial charge in [0, 0.05) is 6.54 Å². The molecule has 2 nitrogen and oxygen atoms in total. The van der Waals surface area contributed by atoms with Crippen LogP contribution >= 0.6 is 22.6 Å². The Bertz CT molecular complexity index is 551. The van der Waals surface area contributed by atoms with Gasteiger partial charge < -0.3 is 9.73 Å². The molecule has 19 heavy (non-hydrogen) atoms. The molecule has 0 unspecified atom stereocenters. The lowest BCUT2D eigenvalue weighted by molar-refractivity contribution is -0.138. The van der Waals surface area contributed by atoms with Crippen molar-refractivity contribution in [1.82, 2.24) is 5.32 Å². The van der Waals surface area contributed by atoms with E-state index in [1.165, 1.54) is 12.1 Å². The molecular formula is C13H11F3INO. The first-order valence-corrected chi connectivity index (χ1v) is 6.65. The number of nitrogens with one attached hydrogen (secondary N) is 1.